The average molecular weight is 619 g/mol. The number of phenolic OH excluding ortho intramolecular Hbond substituents is 1. The molecular formula is C32H32ClFN6O4. The average Bonchev–Trinajstić information content (AvgIpc) is 2.97. The normalized spacial score (nSPS) is 18.1. The van der Waals surface area contributed by atoms with Crippen LogP contribution in [0.3, 0.4) is 0 Å². The van der Waals surface area contributed by atoms with E-state index in [0.717, 1.165) is 5.56 Å². The number of amides is 1. The lowest BCUT2D eigenvalue weighted by molar-refractivity contribution is -0.127. The summed E-state index contributed by atoms with van der Waals surface area (Å²) in [5.74, 6) is -1.32. The lowest BCUT2D eigenvalue weighted by Gasteiger charge is -2.47. The number of benzene rings is 1. The number of hydrogen-bond donors (Lipinski definition) is 1. The summed E-state index contributed by atoms with van der Waals surface area (Å²) in [6.07, 6.45) is 3.37. The smallest absolute Gasteiger partial charge is 0.355 e. The molecule has 2 atom stereocenters. The fourth-order valence-electron chi connectivity index (χ4n) is 6.30. The molecule has 6 rings (SSSR count). The molecule has 228 valence electrons. The van der Waals surface area contributed by atoms with E-state index in [1.165, 1.54) is 22.8 Å². The first-order valence-corrected chi connectivity index (χ1v) is 14.8. The second-order valence-corrected chi connectivity index (χ2v) is 11.9. The maximum atomic E-state index is 16.7. The van der Waals surface area contributed by atoms with Gasteiger partial charge in [-0.15, -0.1) is 0 Å². The quantitative estimate of drug-likeness (QED) is 0.313. The van der Waals surface area contributed by atoms with E-state index in [2.05, 4.69) is 16.5 Å². The SMILES string of the molecule is C=CC(=O)N1CC(C)N2c3nc(=O)n(-c4c(C)ccnc4C(C)C)c4nc(-c5c(O)cccc5Cl)c(F)c(c34)OCCC2C1. The van der Waals surface area contributed by atoms with Crippen molar-refractivity contribution < 1.29 is 19.0 Å². The molecule has 3 aromatic heterocycles. The summed E-state index contributed by atoms with van der Waals surface area (Å²) < 4.78 is 24.2. The summed E-state index contributed by atoms with van der Waals surface area (Å²) in [4.78, 5) is 44.3. The molecule has 1 fully saturated rings. The largest absolute Gasteiger partial charge is 0.507 e. The molecule has 0 bridgehead atoms. The van der Waals surface area contributed by atoms with E-state index in [1.54, 1.807) is 23.2 Å². The number of aryl methyl sites for hydroxylation is 1. The van der Waals surface area contributed by atoms with Gasteiger partial charge in [0.05, 0.1) is 34.6 Å². The number of rotatable bonds is 4. The maximum absolute atomic E-state index is 16.7. The molecule has 10 nitrogen and oxygen atoms in total. The Labute approximate surface area is 258 Å². The highest BCUT2D eigenvalue weighted by atomic mass is 35.5. The molecule has 2 aliphatic rings. The van der Waals surface area contributed by atoms with E-state index in [0.29, 0.717) is 30.9 Å². The highest BCUT2D eigenvalue weighted by molar-refractivity contribution is 6.33. The first-order valence-electron chi connectivity index (χ1n) is 14.5. The first kappa shape index (κ1) is 29.6. The summed E-state index contributed by atoms with van der Waals surface area (Å²) >= 11 is 6.48. The van der Waals surface area contributed by atoms with E-state index >= 15 is 4.39 Å². The second kappa shape index (κ2) is 11.2. The maximum Gasteiger partial charge on any atom is 0.355 e. The molecule has 0 aliphatic carbocycles. The van der Waals surface area contributed by atoms with Crippen LogP contribution in [0.25, 0.3) is 28.0 Å². The molecule has 44 heavy (non-hydrogen) atoms. The molecule has 2 aliphatic heterocycles. The van der Waals surface area contributed by atoms with Crippen LogP contribution < -0.4 is 15.3 Å². The molecule has 2 unspecified atom stereocenters. The minimum Gasteiger partial charge on any atom is -0.507 e. The van der Waals surface area contributed by atoms with E-state index in [1.807, 2.05) is 32.6 Å². The van der Waals surface area contributed by atoms with Gasteiger partial charge in [0.15, 0.2) is 17.2 Å². The van der Waals surface area contributed by atoms with Crippen molar-refractivity contribution in [1.82, 2.24) is 24.4 Å². The van der Waals surface area contributed by atoms with Crippen molar-refractivity contribution in [2.45, 2.75) is 52.1 Å². The predicted molar refractivity (Wildman–Crippen MR) is 166 cm³/mol. The van der Waals surface area contributed by atoms with Crippen LogP contribution in [0.2, 0.25) is 5.02 Å². The Morgan fingerprint density at radius 2 is 2.02 bits per heavy atom. The van der Waals surface area contributed by atoms with Crippen LogP contribution in [0.4, 0.5) is 10.2 Å². The third-order valence-corrected chi connectivity index (χ3v) is 8.58. The predicted octanol–water partition coefficient (Wildman–Crippen LogP) is 5.15. The minimum absolute atomic E-state index is 0.0253. The van der Waals surface area contributed by atoms with Crippen molar-refractivity contribution in [3.8, 4) is 28.4 Å². The number of ether oxygens (including phenoxy) is 1. The van der Waals surface area contributed by atoms with Crippen LogP contribution >= 0.6 is 11.6 Å². The lowest BCUT2D eigenvalue weighted by atomic mass is 10.0. The van der Waals surface area contributed by atoms with Gasteiger partial charge in [0.25, 0.3) is 0 Å². The summed E-state index contributed by atoms with van der Waals surface area (Å²) in [6, 6.07) is 5.68. The highest BCUT2D eigenvalue weighted by Crippen LogP contribution is 2.45. The number of nitrogens with zero attached hydrogens (tertiary/aromatic N) is 6. The number of halogens is 2. The molecule has 0 radical (unpaired) electrons. The third-order valence-electron chi connectivity index (χ3n) is 8.27. The van der Waals surface area contributed by atoms with Crippen LogP contribution in [-0.2, 0) is 4.79 Å². The van der Waals surface area contributed by atoms with Crippen LogP contribution in [0.5, 0.6) is 11.5 Å². The zero-order chi connectivity index (χ0) is 31.4. The van der Waals surface area contributed by atoms with Gasteiger partial charge in [0.2, 0.25) is 5.91 Å². The van der Waals surface area contributed by atoms with E-state index in [9.17, 15) is 14.7 Å². The van der Waals surface area contributed by atoms with Crippen molar-refractivity contribution in [1.29, 1.82) is 0 Å². The number of carbonyl (C=O) groups excluding carboxylic acids is 1. The minimum atomic E-state index is -0.840. The van der Waals surface area contributed by atoms with Gasteiger partial charge in [0, 0.05) is 31.7 Å². The van der Waals surface area contributed by atoms with Crippen molar-refractivity contribution >= 4 is 34.4 Å². The molecule has 5 heterocycles. The Hall–Kier alpha value is -4.51. The molecule has 1 amide bonds. The Balaban J connectivity index is 1.74. The van der Waals surface area contributed by atoms with Gasteiger partial charge in [-0.05, 0) is 49.6 Å². The van der Waals surface area contributed by atoms with E-state index in [-0.39, 0.29) is 75.1 Å². The molecule has 0 saturated carbocycles. The van der Waals surface area contributed by atoms with Crippen molar-refractivity contribution in [3.05, 3.63) is 75.7 Å². The monoisotopic (exact) mass is 618 g/mol. The van der Waals surface area contributed by atoms with Crippen molar-refractivity contribution in [2.24, 2.45) is 0 Å². The van der Waals surface area contributed by atoms with Crippen molar-refractivity contribution in [2.75, 3.05) is 24.6 Å². The van der Waals surface area contributed by atoms with Gasteiger partial charge < -0.3 is 19.6 Å². The number of carbonyl (C=O) groups is 1. The van der Waals surface area contributed by atoms with Gasteiger partial charge in [-0.2, -0.15) is 4.98 Å². The van der Waals surface area contributed by atoms with Crippen LogP contribution in [0.15, 0.2) is 47.9 Å². The summed E-state index contributed by atoms with van der Waals surface area (Å²) in [5.41, 5.74) is 1.02. The van der Waals surface area contributed by atoms with Gasteiger partial charge in [0.1, 0.15) is 22.6 Å². The third kappa shape index (κ3) is 4.66. The van der Waals surface area contributed by atoms with Crippen LogP contribution in [0.1, 0.15) is 44.4 Å². The molecule has 1 N–H and O–H groups in total. The summed E-state index contributed by atoms with van der Waals surface area (Å²) in [7, 11) is 0. The number of anilines is 1. The Morgan fingerprint density at radius 3 is 2.73 bits per heavy atom. The molecule has 1 aromatic carbocycles. The fourth-order valence-corrected chi connectivity index (χ4v) is 6.56. The van der Waals surface area contributed by atoms with Gasteiger partial charge in [-0.3, -0.25) is 9.78 Å². The number of phenols is 1. The Morgan fingerprint density at radius 1 is 1.25 bits per heavy atom. The summed E-state index contributed by atoms with van der Waals surface area (Å²) in [5, 5.41) is 11.1. The zero-order valence-electron chi connectivity index (χ0n) is 24.8. The zero-order valence-corrected chi connectivity index (χ0v) is 25.6. The lowest BCUT2D eigenvalue weighted by Crippen LogP contribution is -2.60. The van der Waals surface area contributed by atoms with Gasteiger partial charge >= 0.3 is 5.69 Å². The highest BCUT2D eigenvalue weighted by Gasteiger charge is 2.39. The number of fused-ring (bicyclic) bond motifs is 2. The molecule has 4 aromatic rings. The number of aromatic hydroxyl groups is 1. The van der Waals surface area contributed by atoms with Gasteiger partial charge in [-0.25, -0.2) is 18.7 Å². The molecule has 1 saturated heterocycles. The first-order chi connectivity index (χ1) is 21.0. The van der Waals surface area contributed by atoms with E-state index in [4.69, 9.17) is 21.3 Å². The molecule has 0 spiro atoms. The standard InChI is InChI=1S/C32H32ClFN6O4/c1-6-22(42)38-14-18(5)39-19(15-38)11-13-44-29-24-30(36-27(25(29)34)23-20(33)8-7-9-21(23)41)40(32(43)37-31(24)39)28-17(4)10-12-35-26(28)16(2)3/h6-10,12,16,18-19,41H,1,11,13-15H2,2-5H3. The van der Waals surface area contributed by atoms with Gasteiger partial charge in [-0.1, -0.05) is 38.1 Å². The number of aromatic nitrogens is 4. The van der Waals surface area contributed by atoms with Crippen LogP contribution in [-0.4, -0.2) is 67.2 Å². The van der Waals surface area contributed by atoms with Crippen molar-refractivity contribution in [3.63, 3.8) is 0 Å². The Kier molecular flexibility index (Phi) is 7.53. The molecule has 12 heteroatoms. The number of piperazine rings is 1. The Bertz CT molecular complexity index is 1870. The fraction of sp³-hybridized carbons (Fsp3) is 0.344. The topological polar surface area (TPSA) is 114 Å². The van der Waals surface area contributed by atoms with E-state index < -0.39 is 11.5 Å². The van der Waals surface area contributed by atoms with Crippen LogP contribution in [0, 0.1) is 12.7 Å². The molecular weight excluding hydrogens is 587 g/mol. The summed E-state index contributed by atoms with van der Waals surface area (Å²) in [6.45, 7) is 12.1. The second-order valence-electron chi connectivity index (χ2n) is 11.5. The number of hydrogen-bond acceptors (Lipinski definition) is 8. The number of pyridine rings is 2.